The van der Waals surface area contributed by atoms with Gasteiger partial charge in [-0.1, -0.05) is 76.2 Å². The number of carbonyl (C=O) groups excluding carboxylic acids is 2. The molecule has 0 radical (unpaired) electrons. The zero-order valence-electron chi connectivity index (χ0n) is 25.3. The zero-order chi connectivity index (χ0) is 34.1. The molecule has 0 atom stereocenters. The van der Waals surface area contributed by atoms with Crippen LogP contribution in [0.3, 0.4) is 0 Å². The molecule has 14 heteroatoms. The molecule has 3 aromatic carbocycles. The number of carboxylic acid groups (broad SMARTS) is 1. The van der Waals surface area contributed by atoms with Crippen LogP contribution in [0, 0.1) is 0 Å². The molecule has 1 aliphatic carbocycles. The number of aliphatic carboxylic acids is 1. The lowest BCUT2D eigenvalue weighted by atomic mass is 9.98. The van der Waals surface area contributed by atoms with Crippen molar-refractivity contribution in [1.29, 1.82) is 0 Å². The van der Waals surface area contributed by atoms with E-state index in [-0.39, 0.29) is 48.2 Å². The van der Waals surface area contributed by atoms with Crippen LogP contribution < -0.4 is 15.4 Å². The Morgan fingerprint density at radius 3 is 2.23 bits per heavy atom. The van der Waals surface area contributed by atoms with Gasteiger partial charge in [0.1, 0.15) is 18.1 Å². The number of alkyl halides is 3. The van der Waals surface area contributed by atoms with Gasteiger partial charge in [-0.3, -0.25) is 9.59 Å². The van der Waals surface area contributed by atoms with E-state index in [2.05, 4.69) is 15.6 Å². The van der Waals surface area contributed by atoms with Gasteiger partial charge in [-0.05, 0) is 52.1 Å². The van der Waals surface area contributed by atoms with Crippen molar-refractivity contribution < 1.29 is 42.1 Å². The highest BCUT2D eigenvalue weighted by atomic mass is 33.1. The number of halogens is 3. The van der Waals surface area contributed by atoms with Crippen molar-refractivity contribution in [3.63, 3.8) is 0 Å². The Morgan fingerprint density at radius 2 is 1.54 bits per heavy atom. The van der Waals surface area contributed by atoms with Gasteiger partial charge in [-0.15, -0.1) is 0 Å². The van der Waals surface area contributed by atoms with Crippen molar-refractivity contribution in [2.75, 3.05) is 24.7 Å². The van der Waals surface area contributed by atoms with E-state index in [4.69, 9.17) is 14.6 Å². The highest BCUT2D eigenvalue weighted by molar-refractivity contribution is 8.76. The minimum atomic E-state index is -4.79. The number of pyridine rings is 1. The summed E-state index contributed by atoms with van der Waals surface area (Å²) in [5.74, 6) is -0.754. The van der Waals surface area contributed by atoms with Gasteiger partial charge in [0.2, 0.25) is 5.88 Å². The van der Waals surface area contributed by atoms with Crippen molar-refractivity contribution in [1.82, 2.24) is 15.6 Å². The molecule has 1 aliphatic rings. The molecule has 1 heterocycles. The Labute approximate surface area is 282 Å². The number of alkyl carbamates (subject to hydrolysis) is 1. The summed E-state index contributed by atoms with van der Waals surface area (Å²) in [4.78, 5) is 39.4. The minimum absolute atomic E-state index is 0.0485. The van der Waals surface area contributed by atoms with E-state index in [9.17, 15) is 27.6 Å². The predicted molar refractivity (Wildman–Crippen MR) is 177 cm³/mol. The molecule has 3 N–H and O–H groups in total. The second-order valence-corrected chi connectivity index (χ2v) is 13.3. The van der Waals surface area contributed by atoms with Crippen LogP contribution in [0.4, 0.5) is 18.0 Å². The molecule has 0 spiro atoms. The lowest BCUT2D eigenvalue weighted by Crippen LogP contribution is -2.26. The van der Waals surface area contributed by atoms with E-state index in [1.165, 1.54) is 51.9 Å². The van der Waals surface area contributed by atoms with Gasteiger partial charge in [0.05, 0.1) is 6.42 Å². The molecule has 0 fully saturated rings. The van der Waals surface area contributed by atoms with Crippen LogP contribution in [0.15, 0.2) is 84.9 Å². The maximum atomic E-state index is 13.7. The summed E-state index contributed by atoms with van der Waals surface area (Å²) >= 11 is 0. The van der Waals surface area contributed by atoms with Gasteiger partial charge in [0, 0.05) is 42.1 Å². The van der Waals surface area contributed by atoms with E-state index < -0.39 is 29.8 Å². The maximum absolute atomic E-state index is 13.7. The van der Waals surface area contributed by atoms with Crippen LogP contribution >= 0.6 is 21.6 Å². The number of amides is 2. The molecule has 1 aromatic heterocycles. The largest absolute Gasteiger partial charge is 0.481 e. The quantitative estimate of drug-likeness (QED) is 0.0906. The van der Waals surface area contributed by atoms with Gasteiger partial charge < -0.3 is 25.2 Å². The van der Waals surface area contributed by atoms with Crippen LogP contribution in [0.5, 0.6) is 11.6 Å². The number of carboxylic acids is 1. The number of hydrogen-bond acceptors (Lipinski definition) is 8. The van der Waals surface area contributed by atoms with E-state index in [0.717, 1.165) is 28.3 Å². The third kappa shape index (κ3) is 9.22. The third-order valence-electron chi connectivity index (χ3n) is 7.20. The fourth-order valence-electron chi connectivity index (χ4n) is 5.06. The smallest absolute Gasteiger partial charge is 0.433 e. The molecule has 0 saturated carbocycles. The molecule has 5 rings (SSSR count). The molecule has 48 heavy (non-hydrogen) atoms. The van der Waals surface area contributed by atoms with Crippen molar-refractivity contribution in [3.05, 3.63) is 113 Å². The van der Waals surface area contributed by atoms with Crippen molar-refractivity contribution >= 4 is 39.6 Å². The molecule has 0 saturated heterocycles. The fourth-order valence-corrected chi connectivity index (χ4v) is 6.95. The number of hydrogen-bond donors (Lipinski definition) is 3. The highest BCUT2D eigenvalue weighted by Gasteiger charge is 2.34. The molecule has 250 valence electrons. The highest BCUT2D eigenvalue weighted by Crippen LogP contribution is 2.44. The number of ether oxygens (including phenoxy) is 2. The topological polar surface area (TPSA) is 127 Å². The monoisotopic (exact) mass is 697 g/mol. The third-order valence-corrected chi connectivity index (χ3v) is 9.61. The molecular weight excluding hydrogens is 668 g/mol. The number of nitrogens with zero attached hydrogens (tertiary/aromatic N) is 1. The molecule has 0 bridgehead atoms. The molecule has 0 unspecified atom stereocenters. The maximum Gasteiger partial charge on any atom is 0.433 e. The number of nitrogens with one attached hydrogen (secondary N) is 2. The van der Waals surface area contributed by atoms with Crippen LogP contribution in [-0.2, 0) is 22.3 Å². The number of rotatable bonds is 14. The average Bonchev–Trinajstić information content (AvgIpc) is 3.39. The van der Waals surface area contributed by atoms with Gasteiger partial charge in [0.15, 0.2) is 0 Å². The summed E-state index contributed by atoms with van der Waals surface area (Å²) in [5.41, 5.74) is 3.28. The summed E-state index contributed by atoms with van der Waals surface area (Å²) in [7, 11) is 2.82. The second-order valence-electron chi connectivity index (χ2n) is 10.5. The van der Waals surface area contributed by atoms with E-state index in [1.54, 1.807) is 0 Å². The summed E-state index contributed by atoms with van der Waals surface area (Å²) in [5, 5.41) is 13.9. The Hall–Kier alpha value is -4.69. The minimum Gasteiger partial charge on any atom is -0.481 e. The Balaban J connectivity index is 1.18. The zero-order valence-corrected chi connectivity index (χ0v) is 26.9. The number of aromatic nitrogens is 1. The first-order valence-corrected chi connectivity index (χ1v) is 17.3. The average molecular weight is 698 g/mol. The Morgan fingerprint density at radius 1 is 0.854 bits per heavy atom. The van der Waals surface area contributed by atoms with Gasteiger partial charge in [0.25, 0.3) is 5.91 Å². The summed E-state index contributed by atoms with van der Waals surface area (Å²) in [6, 6.07) is 23.7. The predicted octanol–water partition coefficient (Wildman–Crippen LogP) is 7.52. The lowest BCUT2D eigenvalue weighted by molar-refractivity contribution is -0.141. The summed E-state index contributed by atoms with van der Waals surface area (Å²) < 4.78 is 52.3. The van der Waals surface area contributed by atoms with E-state index >= 15 is 0 Å². The molecule has 9 nitrogen and oxygen atoms in total. The van der Waals surface area contributed by atoms with Crippen molar-refractivity contribution in [2.45, 2.75) is 25.1 Å². The Bertz CT molecular complexity index is 1740. The van der Waals surface area contributed by atoms with Crippen LogP contribution in [-0.4, -0.2) is 52.7 Å². The first kappa shape index (κ1) is 34.6. The fraction of sp³-hybridized carbons (Fsp3) is 0.235. The summed E-state index contributed by atoms with van der Waals surface area (Å²) in [6.45, 7) is 0.0877. The number of carbonyl (C=O) groups is 3. The van der Waals surface area contributed by atoms with Gasteiger partial charge in [-0.25, -0.2) is 9.78 Å². The number of benzene rings is 3. The van der Waals surface area contributed by atoms with Gasteiger partial charge in [-0.2, -0.15) is 13.2 Å². The van der Waals surface area contributed by atoms with E-state index in [1.807, 2.05) is 48.5 Å². The van der Waals surface area contributed by atoms with Crippen molar-refractivity contribution in [2.24, 2.45) is 0 Å². The normalized spacial score (nSPS) is 12.1. The van der Waals surface area contributed by atoms with Crippen LogP contribution in [0.1, 0.15) is 45.1 Å². The second kappa shape index (κ2) is 15.9. The first-order chi connectivity index (χ1) is 23.1. The van der Waals surface area contributed by atoms with Crippen molar-refractivity contribution in [3.8, 4) is 22.8 Å². The van der Waals surface area contributed by atoms with Crippen LogP contribution in [0.2, 0.25) is 0 Å². The lowest BCUT2D eigenvalue weighted by Gasteiger charge is -2.15. The standard InChI is InChI=1S/C34H30F3N3O6S2/c35-34(36,37)29-16-21(19-39-33(44)45-20-28-26-10-3-1-8-24(26)25-9-2-4-11-27(25)28)17-30(40-29)46-23-7-5-6-22(18-23)32(43)38-13-15-48-47-14-12-31(41)42/h1-11,16-18,28H,12-15,19-20H2,(H,38,43)(H,39,44)(H,41,42). The first-order valence-electron chi connectivity index (χ1n) is 14.8. The Kier molecular flexibility index (Phi) is 11.5. The number of fused-ring (bicyclic) bond motifs is 3. The van der Waals surface area contributed by atoms with Crippen LogP contribution in [0.25, 0.3) is 11.1 Å². The summed E-state index contributed by atoms with van der Waals surface area (Å²) in [6.07, 6.45) is -5.53. The molecule has 2 amide bonds. The molecule has 0 aliphatic heterocycles. The van der Waals surface area contributed by atoms with Gasteiger partial charge >= 0.3 is 18.2 Å². The SMILES string of the molecule is O=C(O)CCSSCCNC(=O)c1cccc(Oc2cc(CNC(=O)OCC3c4ccccc4-c4ccccc43)cc(C(F)(F)F)n2)c1. The van der Waals surface area contributed by atoms with E-state index in [0.29, 0.717) is 18.1 Å². The molecular formula is C34H30F3N3O6S2. The molecule has 4 aromatic rings.